The molecule has 0 aromatic heterocycles. The van der Waals surface area contributed by atoms with Crippen molar-refractivity contribution in [3.8, 4) is 0 Å². The standard InChI is InChI=1S/C7H15NO2S/c1-4-5-7(8-2)6-11(3,9)10/h4,7-8H,1,5-6H2,2-3H3. The minimum absolute atomic E-state index is 0.00231. The molecule has 0 aliphatic rings. The third-order valence-corrected chi connectivity index (χ3v) is 2.37. The molecule has 11 heavy (non-hydrogen) atoms. The van der Waals surface area contributed by atoms with Crippen LogP contribution < -0.4 is 5.32 Å². The monoisotopic (exact) mass is 177 g/mol. The highest BCUT2D eigenvalue weighted by Crippen LogP contribution is 1.96. The van der Waals surface area contributed by atoms with E-state index in [2.05, 4.69) is 11.9 Å². The van der Waals surface area contributed by atoms with Crippen molar-refractivity contribution in [3.63, 3.8) is 0 Å². The molecular weight excluding hydrogens is 162 g/mol. The van der Waals surface area contributed by atoms with Crippen molar-refractivity contribution < 1.29 is 8.42 Å². The van der Waals surface area contributed by atoms with Crippen molar-refractivity contribution in [2.45, 2.75) is 12.5 Å². The van der Waals surface area contributed by atoms with Gasteiger partial charge in [0.2, 0.25) is 0 Å². The van der Waals surface area contributed by atoms with Crippen LogP contribution in [0.15, 0.2) is 12.7 Å². The highest BCUT2D eigenvalue weighted by molar-refractivity contribution is 7.90. The van der Waals surface area contributed by atoms with E-state index in [4.69, 9.17) is 0 Å². The Morgan fingerprint density at radius 2 is 2.18 bits per heavy atom. The molecule has 0 amide bonds. The normalized spacial score (nSPS) is 14.4. The summed E-state index contributed by atoms with van der Waals surface area (Å²) in [5.41, 5.74) is 0. The van der Waals surface area contributed by atoms with Crippen LogP contribution in [0.1, 0.15) is 6.42 Å². The summed E-state index contributed by atoms with van der Waals surface area (Å²) < 4.78 is 21.6. The van der Waals surface area contributed by atoms with Gasteiger partial charge in [0.25, 0.3) is 0 Å². The first-order chi connectivity index (χ1) is 4.99. The second kappa shape index (κ2) is 4.51. The third kappa shape index (κ3) is 6.06. The maximum atomic E-state index is 10.8. The zero-order valence-electron chi connectivity index (χ0n) is 7.00. The first-order valence-electron chi connectivity index (χ1n) is 3.45. The fraction of sp³-hybridized carbons (Fsp3) is 0.714. The van der Waals surface area contributed by atoms with E-state index in [9.17, 15) is 8.42 Å². The Morgan fingerprint density at radius 1 is 1.64 bits per heavy atom. The first kappa shape index (κ1) is 10.7. The van der Waals surface area contributed by atoms with E-state index in [-0.39, 0.29) is 11.8 Å². The van der Waals surface area contributed by atoms with Crippen LogP contribution in [-0.4, -0.2) is 33.5 Å². The van der Waals surface area contributed by atoms with Crippen LogP contribution in [0, 0.1) is 0 Å². The quantitative estimate of drug-likeness (QED) is 0.610. The molecule has 66 valence electrons. The van der Waals surface area contributed by atoms with Crippen LogP contribution in [0.5, 0.6) is 0 Å². The van der Waals surface area contributed by atoms with Crippen LogP contribution in [0.2, 0.25) is 0 Å². The predicted octanol–water partition coefficient (Wildman–Crippen LogP) is 0.195. The van der Waals surface area contributed by atoms with E-state index in [0.717, 1.165) is 0 Å². The van der Waals surface area contributed by atoms with E-state index < -0.39 is 9.84 Å². The molecule has 1 atom stereocenters. The average molecular weight is 177 g/mol. The fourth-order valence-electron chi connectivity index (χ4n) is 0.836. The Bertz CT molecular complexity index is 208. The average Bonchev–Trinajstić information content (AvgIpc) is 1.84. The number of rotatable bonds is 5. The van der Waals surface area contributed by atoms with Crippen LogP contribution in [0.4, 0.5) is 0 Å². The van der Waals surface area contributed by atoms with E-state index in [0.29, 0.717) is 6.42 Å². The van der Waals surface area contributed by atoms with Gasteiger partial charge in [-0.05, 0) is 13.5 Å². The number of nitrogens with one attached hydrogen (secondary N) is 1. The third-order valence-electron chi connectivity index (χ3n) is 1.36. The molecule has 1 unspecified atom stereocenters. The number of hydrogen-bond donors (Lipinski definition) is 1. The minimum Gasteiger partial charge on any atom is -0.316 e. The summed E-state index contributed by atoms with van der Waals surface area (Å²) in [4.78, 5) is 0. The van der Waals surface area contributed by atoms with Crippen LogP contribution >= 0.6 is 0 Å². The molecule has 3 nitrogen and oxygen atoms in total. The summed E-state index contributed by atoms with van der Waals surface area (Å²) in [5.74, 6) is 0.176. The maximum Gasteiger partial charge on any atom is 0.148 e. The van der Waals surface area contributed by atoms with Crippen LogP contribution in [0.3, 0.4) is 0 Å². The lowest BCUT2D eigenvalue weighted by atomic mass is 10.2. The molecule has 0 aromatic carbocycles. The molecular formula is C7H15NO2S. The molecule has 4 heteroatoms. The summed E-state index contributed by atoms with van der Waals surface area (Å²) in [6, 6.07) is 0.00231. The SMILES string of the molecule is C=CCC(CS(C)(=O)=O)NC. The molecule has 0 saturated heterocycles. The molecule has 0 aromatic rings. The molecule has 0 radical (unpaired) electrons. The summed E-state index contributed by atoms with van der Waals surface area (Å²) in [6.45, 7) is 3.54. The Hall–Kier alpha value is -0.350. The van der Waals surface area contributed by atoms with Crippen molar-refractivity contribution in [2.24, 2.45) is 0 Å². The van der Waals surface area contributed by atoms with Gasteiger partial charge in [-0.25, -0.2) is 8.42 Å². The minimum atomic E-state index is -2.87. The van der Waals surface area contributed by atoms with Gasteiger partial charge in [-0.1, -0.05) is 6.08 Å². The van der Waals surface area contributed by atoms with Crippen LogP contribution in [-0.2, 0) is 9.84 Å². The van der Waals surface area contributed by atoms with E-state index in [1.807, 2.05) is 0 Å². The van der Waals surface area contributed by atoms with E-state index in [1.165, 1.54) is 6.26 Å². The molecule has 1 N–H and O–H groups in total. The predicted molar refractivity (Wildman–Crippen MR) is 47.4 cm³/mol. The summed E-state index contributed by atoms with van der Waals surface area (Å²) in [6.07, 6.45) is 3.64. The van der Waals surface area contributed by atoms with Gasteiger partial charge in [0.1, 0.15) is 9.84 Å². The maximum absolute atomic E-state index is 10.8. The Balaban J connectivity index is 3.98. The van der Waals surface area contributed by atoms with Gasteiger partial charge in [-0.15, -0.1) is 6.58 Å². The molecule has 0 rings (SSSR count). The smallest absolute Gasteiger partial charge is 0.148 e. The Labute approximate surface area is 68.4 Å². The summed E-state index contributed by atoms with van der Waals surface area (Å²) in [5, 5.41) is 2.91. The van der Waals surface area contributed by atoms with E-state index >= 15 is 0 Å². The fourth-order valence-corrected chi connectivity index (χ4v) is 1.87. The van der Waals surface area contributed by atoms with Gasteiger partial charge in [0, 0.05) is 12.3 Å². The highest BCUT2D eigenvalue weighted by Gasteiger charge is 2.10. The number of hydrogen-bond acceptors (Lipinski definition) is 3. The zero-order chi connectivity index (χ0) is 8.91. The second-order valence-electron chi connectivity index (χ2n) is 2.60. The molecule has 0 aliphatic carbocycles. The molecule has 0 spiro atoms. The topological polar surface area (TPSA) is 46.2 Å². The van der Waals surface area contributed by atoms with Crippen molar-refractivity contribution in [1.29, 1.82) is 0 Å². The Kier molecular flexibility index (Phi) is 4.37. The zero-order valence-corrected chi connectivity index (χ0v) is 7.82. The largest absolute Gasteiger partial charge is 0.316 e. The van der Waals surface area contributed by atoms with Crippen molar-refractivity contribution in [2.75, 3.05) is 19.1 Å². The molecule has 0 heterocycles. The second-order valence-corrected chi connectivity index (χ2v) is 4.79. The molecule has 0 bridgehead atoms. The lowest BCUT2D eigenvalue weighted by Crippen LogP contribution is -2.31. The summed E-state index contributed by atoms with van der Waals surface area (Å²) >= 11 is 0. The molecule has 0 fully saturated rings. The summed E-state index contributed by atoms with van der Waals surface area (Å²) in [7, 11) is -1.12. The van der Waals surface area contributed by atoms with Crippen molar-refractivity contribution >= 4 is 9.84 Å². The van der Waals surface area contributed by atoms with E-state index in [1.54, 1.807) is 13.1 Å². The van der Waals surface area contributed by atoms with Gasteiger partial charge in [-0.2, -0.15) is 0 Å². The highest BCUT2D eigenvalue weighted by atomic mass is 32.2. The lowest BCUT2D eigenvalue weighted by molar-refractivity contribution is 0.571. The first-order valence-corrected chi connectivity index (χ1v) is 5.51. The molecule has 0 aliphatic heterocycles. The van der Waals surface area contributed by atoms with Gasteiger partial charge >= 0.3 is 0 Å². The van der Waals surface area contributed by atoms with Gasteiger partial charge in [0.15, 0.2) is 0 Å². The van der Waals surface area contributed by atoms with Crippen molar-refractivity contribution in [3.05, 3.63) is 12.7 Å². The van der Waals surface area contributed by atoms with Gasteiger partial charge < -0.3 is 5.32 Å². The van der Waals surface area contributed by atoms with Crippen molar-refractivity contribution in [1.82, 2.24) is 5.32 Å². The van der Waals surface area contributed by atoms with Gasteiger partial charge in [0.05, 0.1) is 5.75 Å². The van der Waals surface area contributed by atoms with Gasteiger partial charge in [-0.3, -0.25) is 0 Å². The molecule has 0 saturated carbocycles. The lowest BCUT2D eigenvalue weighted by Gasteiger charge is -2.11. The van der Waals surface area contributed by atoms with Crippen LogP contribution in [0.25, 0.3) is 0 Å². The number of sulfone groups is 1. The Morgan fingerprint density at radius 3 is 2.45 bits per heavy atom.